The Morgan fingerprint density at radius 1 is 1.58 bits per heavy atom. The minimum absolute atomic E-state index is 0. The number of carboxylic acids is 1. The summed E-state index contributed by atoms with van der Waals surface area (Å²) in [5.41, 5.74) is 0. The van der Waals surface area contributed by atoms with E-state index in [-0.39, 0.29) is 31.4 Å². The SMILES string of the molecule is CN1C[C@H](C(=O)[O-])N(C)C1=O.[Li+]. The van der Waals surface area contributed by atoms with Crippen LogP contribution in [0.25, 0.3) is 0 Å². The van der Waals surface area contributed by atoms with Gasteiger partial charge in [-0.15, -0.1) is 0 Å². The molecule has 2 amide bonds. The van der Waals surface area contributed by atoms with Gasteiger partial charge in [-0.1, -0.05) is 0 Å². The van der Waals surface area contributed by atoms with Gasteiger partial charge in [0.1, 0.15) is 0 Å². The first-order valence-corrected chi connectivity index (χ1v) is 3.23. The summed E-state index contributed by atoms with van der Waals surface area (Å²) in [6, 6.07) is -1.08. The fraction of sp³-hybridized carbons (Fsp3) is 0.667. The Morgan fingerprint density at radius 2 is 2.08 bits per heavy atom. The number of aliphatic carboxylic acids is 1. The van der Waals surface area contributed by atoms with E-state index in [0.29, 0.717) is 0 Å². The molecule has 0 bridgehead atoms. The number of amides is 2. The van der Waals surface area contributed by atoms with E-state index >= 15 is 0 Å². The van der Waals surface area contributed by atoms with Crippen LogP contribution in [0.15, 0.2) is 0 Å². The molecule has 6 heteroatoms. The Kier molecular flexibility index (Phi) is 3.62. The summed E-state index contributed by atoms with van der Waals surface area (Å²) in [4.78, 5) is 23.9. The number of rotatable bonds is 1. The normalized spacial score (nSPS) is 22.5. The Balaban J connectivity index is 0.00000121. The molecule has 1 aliphatic rings. The number of likely N-dealkylation sites (N-methyl/N-ethyl adjacent to an activating group) is 2. The number of hydrogen-bond donors (Lipinski definition) is 0. The minimum atomic E-state index is -1.20. The molecule has 0 aromatic carbocycles. The van der Waals surface area contributed by atoms with E-state index < -0.39 is 12.0 Å². The standard InChI is InChI=1S/C6H10N2O3.Li/c1-7-3-4(5(9)10)8(2)6(7)11;/h4H,3H2,1-2H3,(H,9,10);/q;+1/p-1/t4-;/m1./s1. The first-order chi connectivity index (χ1) is 5.04. The Bertz CT molecular complexity index is 209. The number of nitrogens with zero attached hydrogens (tertiary/aromatic N) is 2. The molecule has 0 aromatic rings. The summed E-state index contributed by atoms with van der Waals surface area (Å²) in [6.45, 7) is 0.206. The zero-order chi connectivity index (χ0) is 8.59. The monoisotopic (exact) mass is 164 g/mol. The van der Waals surface area contributed by atoms with E-state index in [9.17, 15) is 14.7 Å². The third-order valence-electron chi connectivity index (χ3n) is 1.81. The molecule has 1 atom stereocenters. The molecular formula is C6H9LiN2O3. The van der Waals surface area contributed by atoms with E-state index in [0.717, 1.165) is 4.90 Å². The van der Waals surface area contributed by atoms with Crippen LogP contribution < -0.4 is 24.0 Å². The molecule has 0 spiro atoms. The van der Waals surface area contributed by atoms with Crippen molar-refractivity contribution in [3.63, 3.8) is 0 Å². The molecular weight excluding hydrogens is 155 g/mol. The van der Waals surface area contributed by atoms with Crippen LogP contribution in [0.1, 0.15) is 0 Å². The molecule has 0 aliphatic carbocycles. The van der Waals surface area contributed by atoms with Gasteiger partial charge >= 0.3 is 24.9 Å². The van der Waals surface area contributed by atoms with Gasteiger partial charge in [0.25, 0.3) is 0 Å². The fourth-order valence-electron chi connectivity index (χ4n) is 1.10. The van der Waals surface area contributed by atoms with Crippen molar-refractivity contribution < 1.29 is 33.6 Å². The van der Waals surface area contributed by atoms with Crippen molar-refractivity contribution in [3.8, 4) is 0 Å². The van der Waals surface area contributed by atoms with E-state index in [1.807, 2.05) is 0 Å². The second-order valence-electron chi connectivity index (χ2n) is 2.61. The predicted octanol–water partition coefficient (Wildman–Crippen LogP) is -4.89. The largest absolute Gasteiger partial charge is 1.00 e. The molecule has 0 aromatic heterocycles. The van der Waals surface area contributed by atoms with E-state index in [4.69, 9.17) is 0 Å². The molecule has 1 rings (SSSR count). The van der Waals surface area contributed by atoms with Gasteiger partial charge in [0.05, 0.1) is 12.0 Å². The zero-order valence-corrected chi connectivity index (χ0v) is 7.40. The Morgan fingerprint density at radius 3 is 2.25 bits per heavy atom. The molecule has 1 fully saturated rings. The number of hydrogen-bond acceptors (Lipinski definition) is 3. The number of carbonyl (C=O) groups is 2. The zero-order valence-electron chi connectivity index (χ0n) is 7.40. The van der Waals surface area contributed by atoms with Crippen LogP contribution in [0.2, 0.25) is 0 Å². The topological polar surface area (TPSA) is 63.7 Å². The summed E-state index contributed by atoms with van der Waals surface area (Å²) in [6.07, 6.45) is 0. The second-order valence-corrected chi connectivity index (χ2v) is 2.61. The van der Waals surface area contributed by atoms with Gasteiger partial charge in [0.2, 0.25) is 0 Å². The van der Waals surface area contributed by atoms with Gasteiger partial charge in [-0.2, -0.15) is 0 Å². The van der Waals surface area contributed by atoms with Crippen molar-refractivity contribution in [1.29, 1.82) is 0 Å². The van der Waals surface area contributed by atoms with Crippen LogP contribution >= 0.6 is 0 Å². The third kappa shape index (κ3) is 1.74. The Hall–Kier alpha value is -0.663. The molecule has 0 radical (unpaired) electrons. The molecule has 12 heavy (non-hydrogen) atoms. The molecule has 5 nitrogen and oxygen atoms in total. The summed E-state index contributed by atoms with van der Waals surface area (Å²) >= 11 is 0. The molecule has 1 heterocycles. The maximum atomic E-state index is 11.0. The molecule has 62 valence electrons. The van der Waals surface area contributed by atoms with Crippen LogP contribution in [0.5, 0.6) is 0 Å². The van der Waals surface area contributed by atoms with Gasteiger partial charge in [-0.05, 0) is 0 Å². The number of urea groups is 1. The van der Waals surface area contributed by atoms with Crippen LogP contribution in [-0.4, -0.2) is 48.5 Å². The van der Waals surface area contributed by atoms with Gasteiger partial charge in [-0.3, -0.25) is 0 Å². The molecule has 0 unspecified atom stereocenters. The van der Waals surface area contributed by atoms with E-state index in [2.05, 4.69) is 0 Å². The summed E-state index contributed by atoms with van der Waals surface area (Å²) in [5, 5.41) is 10.4. The van der Waals surface area contributed by atoms with Crippen molar-refractivity contribution >= 4 is 12.0 Å². The van der Waals surface area contributed by atoms with Crippen molar-refractivity contribution in [3.05, 3.63) is 0 Å². The second kappa shape index (κ2) is 3.83. The van der Waals surface area contributed by atoms with E-state index in [1.165, 1.54) is 11.9 Å². The van der Waals surface area contributed by atoms with Gasteiger partial charge in [0, 0.05) is 20.6 Å². The smallest absolute Gasteiger partial charge is 0.548 e. The molecule has 1 saturated heterocycles. The summed E-state index contributed by atoms with van der Waals surface area (Å²) in [7, 11) is 3.01. The van der Waals surface area contributed by atoms with Crippen molar-refractivity contribution in [2.45, 2.75) is 6.04 Å². The van der Waals surface area contributed by atoms with Crippen molar-refractivity contribution in [2.75, 3.05) is 20.6 Å². The van der Waals surface area contributed by atoms with Crippen LogP contribution in [0, 0.1) is 0 Å². The van der Waals surface area contributed by atoms with Crippen LogP contribution in [-0.2, 0) is 4.79 Å². The first-order valence-electron chi connectivity index (χ1n) is 3.23. The number of carboxylic acid groups (broad SMARTS) is 1. The maximum absolute atomic E-state index is 11.0. The Labute approximate surface area is 82.5 Å². The summed E-state index contributed by atoms with van der Waals surface area (Å²) in [5.74, 6) is -1.20. The first kappa shape index (κ1) is 11.3. The average molecular weight is 164 g/mol. The van der Waals surface area contributed by atoms with Crippen LogP contribution in [0.3, 0.4) is 0 Å². The maximum Gasteiger partial charge on any atom is 1.00 e. The van der Waals surface area contributed by atoms with E-state index in [1.54, 1.807) is 7.05 Å². The molecule has 0 saturated carbocycles. The van der Waals surface area contributed by atoms with Crippen molar-refractivity contribution in [1.82, 2.24) is 9.80 Å². The van der Waals surface area contributed by atoms with Gasteiger partial charge in [-0.25, -0.2) is 4.79 Å². The van der Waals surface area contributed by atoms with Gasteiger partial charge < -0.3 is 19.7 Å². The quantitative estimate of drug-likeness (QED) is 0.365. The third-order valence-corrected chi connectivity index (χ3v) is 1.81. The minimum Gasteiger partial charge on any atom is -0.548 e. The average Bonchev–Trinajstić information content (AvgIpc) is 2.17. The fourth-order valence-corrected chi connectivity index (χ4v) is 1.10. The molecule has 0 N–H and O–H groups in total. The predicted molar refractivity (Wildman–Crippen MR) is 34.6 cm³/mol. The number of carbonyl (C=O) groups excluding carboxylic acids is 2. The van der Waals surface area contributed by atoms with Crippen LogP contribution in [0.4, 0.5) is 4.79 Å². The van der Waals surface area contributed by atoms with Crippen molar-refractivity contribution in [2.24, 2.45) is 0 Å². The molecule has 1 aliphatic heterocycles. The van der Waals surface area contributed by atoms with Gasteiger partial charge in [0.15, 0.2) is 0 Å². The summed E-state index contributed by atoms with van der Waals surface area (Å²) < 4.78 is 0.